The molecule has 3 unspecified atom stereocenters. The molecule has 1 saturated heterocycles. The number of piperidine rings is 1. The highest BCUT2D eigenvalue weighted by Crippen LogP contribution is 2.37. The average molecular weight is 658 g/mol. The minimum atomic E-state index is -2.87. The monoisotopic (exact) mass is 656 g/mol. The number of hydrogen-bond donors (Lipinski definition) is 5. The van der Waals surface area contributed by atoms with E-state index in [1.165, 1.54) is 32.4 Å². The van der Waals surface area contributed by atoms with E-state index in [0.717, 1.165) is 0 Å². The van der Waals surface area contributed by atoms with Crippen LogP contribution in [0.3, 0.4) is 0 Å². The van der Waals surface area contributed by atoms with E-state index in [-0.39, 0.29) is 39.1 Å². The minimum absolute atomic E-state index is 0.0159. The number of amides is 2. The number of nitrogens with one attached hydrogen (secondary N) is 5. The first-order valence-corrected chi connectivity index (χ1v) is 15.2. The number of ether oxygens (including phenoxy) is 1. The number of rotatable bonds is 10. The summed E-state index contributed by atoms with van der Waals surface area (Å²) in [7, 11) is -1.64. The van der Waals surface area contributed by atoms with Crippen LogP contribution >= 0.6 is 43.0 Å². The van der Waals surface area contributed by atoms with Gasteiger partial charge in [-0.2, -0.15) is 5.10 Å². The van der Waals surface area contributed by atoms with Crippen molar-refractivity contribution >= 4 is 66.5 Å². The maximum Gasteiger partial charge on any atom is 0.323 e. The molecule has 4 atom stereocenters. The molecule has 2 aromatic carbocycles. The lowest BCUT2D eigenvalue weighted by atomic mass is 9.93. The lowest BCUT2D eigenvalue weighted by Crippen LogP contribution is -2.44. The normalized spacial score (nSPS) is 18.0. The van der Waals surface area contributed by atoms with Crippen LogP contribution in [-0.4, -0.2) is 53.7 Å². The van der Waals surface area contributed by atoms with Crippen LogP contribution in [0, 0.1) is 0 Å². The second kappa shape index (κ2) is 14.4. The van der Waals surface area contributed by atoms with Gasteiger partial charge in [-0.05, 0) is 56.6 Å². The van der Waals surface area contributed by atoms with Gasteiger partial charge in [0.05, 0.1) is 28.4 Å². The van der Waals surface area contributed by atoms with Gasteiger partial charge in [-0.3, -0.25) is 24.0 Å². The fraction of sp³-hybridized carbons (Fsp3) is 0.308. The zero-order valence-electron chi connectivity index (χ0n) is 22.4. The number of benzene rings is 2. The molecule has 0 spiro atoms. The Morgan fingerprint density at radius 1 is 1.12 bits per heavy atom. The number of carbonyl (C=O) groups excluding carboxylic acids is 3. The molecular weight excluding hydrogens is 630 g/mol. The van der Waals surface area contributed by atoms with Crippen molar-refractivity contribution in [3.63, 3.8) is 0 Å². The number of nitrogens with zero attached hydrogens (tertiary/aromatic N) is 1. The van der Waals surface area contributed by atoms with Crippen molar-refractivity contribution in [1.29, 1.82) is 0 Å². The van der Waals surface area contributed by atoms with Crippen LogP contribution in [0.5, 0.6) is 5.75 Å². The number of halogens is 3. The summed E-state index contributed by atoms with van der Waals surface area (Å²) in [6.07, 6.45) is 2.43. The number of anilines is 1. The number of aromatic amines is 1. The highest BCUT2D eigenvalue weighted by Gasteiger charge is 2.29. The van der Waals surface area contributed by atoms with Crippen LogP contribution in [0.15, 0.2) is 42.6 Å². The maximum absolute atomic E-state index is 13.2. The summed E-state index contributed by atoms with van der Waals surface area (Å²) >= 11 is 18.5. The van der Waals surface area contributed by atoms with E-state index < -0.39 is 32.0 Å². The standard InChI is InChI=1S/C26H28Cl3N6O6P/c1-13(26(38)40-2)35-42(39)41-21-7-6-14(27)10-16(21)19-11-15(8-9-30-19)32-25(37)23-20(12-31-34-23)33-24(36)22-17(28)4-3-5-18(22)29/h3-7,10,12-13,15,19,30,42H,8-9,11H2,1-2H3,(H,31,34)(H,32,37)(H,33,36)(H,35,39)/t13-,15?,19?/m0/s1. The molecule has 224 valence electrons. The molecular formula is C26H28Cl3N6O6P. The molecule has 0 saturated carbocycles. The molecule has 12 nitrogen and oxygen atoms in total. The van der Waals surface area contributed by atoms with Crippen LogP contribution in [0.1, 0.15) is 52.2 Å². The molecule has 0 aliphatic carbocycles. The lowest BCUT2D eigenvalue weighted by molar-refractivity contribution is -0.142. The van der Waals surface area contributed by atoms with Crippen LogP contribution in [-0.2, 0) is 14.1 Å². The summed E-state index contributed by atoms with van der Waals surface area (Å²) in [4.78, 5) is 37.7. The van der Waals surface area contributed by atoms with Crippen molar-refractivity contribution in [2.45, 2.75) is 37.9 Å². The van der Waals surface area contributed by atoms with E-state index >= 15 is 0 Å². The smallest absolute Gasteiger partial charge is 0.323 e. The predicted molar refractivity (Wildman–Crippen MR) is 160 cm³/mol. The van der Waals surface area contributed by atoms with E-state index in [1.807, 2.05) is 0 Å². The molecule has 16 heteroatoms. The summed E-state index contributed by atoms with van der Waals surface area (Å²) in [5.74, 6) is -1.36. The summed E-state index contributed by atoms with van der Waals surface area (Å²) in [5.41, 5.74) is 0.851. The Morgan fingerprint density at radius 3 is 2.57 bits per heavy atom. The fourth-order valence-electron chi connectivity index (χ4n) is 4.42. The van der Waals surface area contributed by atoms with Gasteiger partial charge in [0.2, 0.25) is 0 Å². The zero-order chi connectivity index (χ0) is 30.4. The van der Waals surface area contributed by atoms with Gasteiger partial charge in [-0.15, -0.1) is 0 Å². The number of carbonyl (C=O) groups is 3. The highest BCUT2D eigenvalue weighted by molar-refractivity contribution is 7.37. The molecule has 0 bridgehead atoms. The van der Waals surface area contributed by atoms with Crippen LogP contribution < -0.4 is 25.6 Å². The molecule has 3 aromatic rings. The van der Waals surface area contributed by atoms with Crippen molar-refractivity contribution < 1.29 is 28.2 Å². The molecule has 4 rings (SSSR count). The molecule has 2 heterocycles. The van der Waals surface area contributed by atoms with Gasteiger partial charge in [0.25, 0.3) is 11.8 Å². The summed E-state index contributed by atoms with van der Waals surface area (Å²) in [6.45, 7) is 2.06. The van der Waals surface area contributed by atoms with Gasteiger partial charge in [0.1, 0.15) is 11.8 Å². The zero-order valence-corrected chi connectivity index (χ0v) is 25.7. The first kappa shape index (κ1) is 31.8. The van der Waals surface area contributed by atoms with Crippen molar-refractivity contribution in [3.8, 4) is 5.75 Å². The summed E-state index contributed by atoms with van der Waals surface area (Å²) in [5, 5.41) is 18.9. The van der Waals surface area contributed by atoms with Crippen molar-refractivity contribution in [3.05, 3.63) is 74.5 Å². The number of aromatic nitrogens is 2. The Morgan fingerprint density at radius 2 is 1.86 bits per heavy atom. The molecule has 1 fully saturated rings. The molecule has 1 aliphatic rings. The fourth-order valence-corrected chi connectivity index (χ4v) is 6.09. The van der Waals surface area contributed by atoms with E-state index in [0.29, 0.717) is 35.7 Å². The van der Waals surface area contributed by atoms with Gasteiger partial charge < -0.3 is 25.2 Å². The SMILES string of the molecule is COC(=O)[C@H](C)N[PH](=O)Oc1ccc(Cl)cc1C1CC(NC(=O)c2n[nH]cc2NC(=O)c2c(Cl)cccc2Cl)CCN1. The Balaban J connectivity index is 1.43. The maximum atomic E-state index is 13.2. The Hall–Kier alpha value is -3.12. The average Bonchev–Trinajstić information content (AvgIpc) is 3.41. The Kier molecular flexibility index (Phi) is 10.9. The number of esters is 1. The molecule has 0 radical (unpaired) electrons. The largest absolute Gasteiger partial charge is 0.468 e. The third kappa shape index (κ3) is 7.83. The van der Waals surface area contributed by atoms with Crippen LogP contribution in [0.25, 0.3) is 0 Å². The lowest BCUT2D eigenvalue weighted by Gasteiger charge is -2.32. The molecule has 42 heavy (non-hydrogen) atoms. The second-order valence-corrected chi connectivity index (χ2v) is 11.7. The predicted octanol–water partition coefficient (Wildman–Crippen LogP) is 4.76. The first-order chi connectivity index (χ1) is 20.1. The van der Waals surface area contributed by atoms with Crippen molar-refractivity contribution in [2.24, 2.45) is 0 Å². The third-order valence-corrected chi connectivity index (χ3v) is 8.41. The number of methoxy groups -OCH3 is 1. The molecule has 1 aromatic heterocycles. The van der Waals surface area contributed by atoms with E-state index in [2.05, 4.69) is 36.0 Å². The van der Waals surface area contributed by atoms with E-state index in [4.69, 9.17) is 39.3 Å². The highest BCUT2D eigenvalue weighted by atomic mass is 35.5. The summed E-state index contributed by atoms with van der Waals surface area (Å²) in [6, 6.07) is 8.15. The molecule has 5 N–H and O–H groups in total. The van der Waals surface area contributed by atoms with E-state index in [9.17, 15) is 18.9 Å². The van der Waals surface area contributed by atoms with E-state index in [1.54, 1.807) is 24.3 Å². The van der Waals surface area contributed by atoms with Gasteiger partial charge >= 0.3 is 14.1 Å². The Labute approximate surface area is 257 Å². The first-order valence-electron chi connectivity index (χ1n) is 12.8. The van der Waals surface area contributed by atoms with Gasteiger partial charge in [-0.1, -0.05) is 40.9 Å². The number of H-pyrrole nitrogens is 1. The van der Waals surface area contributed by atoms with Crippen LogP contribution in [0.2, 0.25) is 15.1 Å². The molecule has 1 aliphatic heterocycles. The topological polar surface area (TPSA) is 164 Å². The Bertz CT molecular complexity index is 1480. The quantitative estimate of drug-likeness (QED) is 0.153. The van der Waals surface area contributed by atoms with Gasteiger partial charge in [0.15, 0.2) is 5.69 Å². The van der Waals surface area contributed by atoms with Crippen LogP contribution in [0.4, 0.5) is 5.69 Å². The number of hydrogen-bond acceptors (Lipinski definition) is 8. The van der Waals surface area contributed by atoms with Gasteiger partial charge in [0, 0.05) is 28.9 Å². The second-order valence-electron chi connectivity index (χ2n) is 9.36. The molecule has 2 amide bonds. The third-order valence-electron chi connectivity index (χ3n) is 6.47. The van der Waals surface area contributed by atoms with Gasteiger partial charge in [-0.25, -0.2) is 5.09 Å². The minimum Gasteiger partial charge on any atom is -0.468 e. The van der Waals surface area contributed by atoms with Crippen molar-refractivity contribution in [2.75, 3.05) is 19.0 Å². The van der Waals surface area contributed by atoms with Crippen molar-refractivity contribution in [1.82, 2.24) is 25.9 Å². The summed E-state index contributed by atoms with van der Waals surface area (Å²) < 4.78 is 22.9.